The average molecular weight is 1940 g/mol. The van der Waals surface area contributed by atoms with Gasteiger partial charge in [-0.15, -0.1) is 0 Å². The molecule has 0 aromatic carbocycles. The average Bonchev–Trinajstić information content (AvgIpc) is 1.53. The van der Waals surface area contributed by atoms with E-state index in [1.54, 1.807) is 82.5 Å². The molecule has 138 heavy (non-hydrogen) atoms. The van der Waals surface area contributed by atoms with Gasteiger partial charge in [0.15, 0.2) is 0 Å². The molecule has 32 nitrogen and oxygen atoms in total. The van der Waals surface area contributed by atoms with Gasteiger partial charge in [0.2, 0.25) is 47.3 Å². The molecule has 9 unspecified atom stereocenters. The molecular formula is C106H168N8O24. The Morgan fingerprint density at radius 1 is 0.283 bits per heavy atom. The fourth-order valence-electron chi connectivity index (χ4n) is 28.8. The van der Waals surface area contributed by atoms with E-state index in [1.165, 1.54) is 19.6 Å². The van der Waals surface area contributed by atoms with Crippen molar-refractivity contribution in [1.29, 1.82) is 0 Å². The van der Waals surface area contributed by atoms with Crippen LogP contribution in [0.2, 0.25) is 0 Å². The van der Waals surface area contributed by atoms with Crippen LogP contribution in [0.25, 0.3) is 0 Å². The van der Waals surface area contributed by atoms with E-state index in [0.29, 0.717) is 25.7 Å². The maximum atomic E-state index is 12.7. The van der Waals surface area contributed by atoms with Gasteiger partial charge >= 0.3 is 0 Å². The number of amides is 8. The van der Waals surface area contributed by atoms with E-state index in [0.717, 1.165) is 109 Å². The Morgan fingerprint density at radius 3 is 0.630 bits per heavy atom. The summed E-state index contributed by atoms with van der Waals surface area (Å²) in [4.78, 5) is 156. The predicted molar refractivity (Wildman–Crippen MR) is 515 cm³/mol. The van der Waals surface area contributed by atoms with Crippen molar-refractivity contribution in [2.75, 3.05) is 63.0 Å². The molecule has 16 aliphatic heterocycles. The second kappa shape index (κ2) is 38.0. The quantitative estimate of drug-likeness (QED) is 0.111. The minimum absolute atomic E-state index is 0.0245. The van der Waals surface area contributed by atoms with Gasteiger partial charge in [-0.2, -0.15) is 0 Å². The fraction of sp³-hybridized carbons (Fsp3) is 0.830. The van der Waals surface area contributed by atoms with Crippen molar-refractivity contribution in [3.8, 4) is 0 Å². The number of hydrogen-bond acceptors (Lipinski definition) is 24. The van der Waals surface area contributed by atoms with E-state index in [1.807, 2.05) is 160 Å². The number of rotatable bonds is 11. The van der Waals surface area contributed by atoms with Crippen LogP contribution in [0.4, 0.5) is 0 Å². The Bertz CT molecular complexity index is 4310. The number of fused-ring (bicyclic) bond motifs is 8. The largest absolute Gasteiger partial charge is 0.394 e. The molecule has 776 valence electrons. The number of carbonyl (C=O) groups excluding carboxylic acids is 12. The van der Waals surface area contributed by atoms with Gasteiger partial charge in [-0.05, 0) is 275 Å². The molecule has 8 amide bonds. The molecular weight excluding hydrogens is 1770 g/mol. The Balaban J connectivity index is 0.000000142. The molecule has 0 spiro atoms. The lowest BCUT2D eigenvalue weighted by Gasteiger charge is -2.48. The number of allylic oxidation sites excluding steroid dienone is 3. The van der Waals surface area contributed by atoms with Crippen LogP contribution in [0.1, 0.15) is 275 Å². The molecule has 3 aliphatic carbocycles. The van der Waals surface area contributed by atoms with Crippen molar-refractivity contribution in [2.45, 2.75) is 432 Å². The van der Waals surface area contributed by atoms with Crippen LogP contribution in [-0.4, -0.2) is 351 Å². The van der Waals surface area contributed by atoms with Gasteiger partial charge < -0.3 is 117 Å². The van der Waals surface area contributed by atoms with Crippen LogP contribution in [0.15, 0.2) is 36.5 Å². The summed E-state index contributed by atoms with van der Waals surface area (Å²) in [6.07, 6.45) is 30.3. The standard InChI is InChI=1S/3C17H27NO3.C11H19NO3.4C11H17NO3/c3*1-11-10-13-15(20)18(4)16(2,17(13,3)21-11)14(19)12-8-6-5-7-9-12;5*1-7-5-8-9(14)12(4)10(2,6-13)11(8,3)15-7/h3*6,8,11-14,19H,5,7,9-10H2,1-4H3;7-8,13H,5-6H2,1-4H3;4*6-8H,5H2,1-4H3/t11?,12-,13+,14?,16-,17+;11?,12-,13+,14+,16-,17+;11?,12-,13+,14-,16-,17+;5*7?,8-,10+,11-/m11100000/s1. The molecule has 0 radical (unpaired) electrons. The molecule has 19 aliphatic rings. The molecule has 16 fully saturated rings. The van der Waals surface area contributed by atoms with Gasteiger partial charge in [0, 0.05) is 74.1 Å². The van der Waals surface area contributed by atoms with E-state index in [4.69, 9.17) is 37.9 Å². The Kier molecular flexibility index (Phi) is 30.3. The lowest BCUT2D eigenvalue weighted by Crippen LogP contribution is -2.64. The highest BCUT2D eigenvalue weighted by Crippen LogP contribution is 2.62. The lowest BCUT2D eigenvalue weighted by atomic mass is 9.70. The smallest absolute Gasteiger partial charge is 0.229 e. The predicted octanol–water partition coefficient (Wildman–Crippen LogP) is 9.15. The monoisotopic (exact) mass is 1940 g/mol. The van der Waals surface area contributed by atoms with Gasteiger partial charge in [0.25, 0.3) is 0 Å². The van der Waals surface area contributed by atoms with Crippen molar-refractivity contribution in [1.82, 2.24) is 39.2 Å². The highest BCUT2D eigenvalue weighted by molar-refractivity contribution is 5.94. The Morgan fingerprint density at radius 2 is 0.449 bits per heavy atom. The van der Waals surface area contributed by atoms with Gasteiger partial charge in [0.1, 0.15) is 92.1 Å². The van der Waals surface area contributed by atoms with Gasteiger partial charge in [-0.3, -0.25) is 38.4 Å². The second-order valence-electron chi connectivity index (χ2n) is 47.1. The Labute approximate surface area is 819 Å². The summed E-state index contributed by atoms with van der Waals surface area (Å²) in [6, 6.07) is 0. The number of aliphatic hydroxyl groups excluding tert-OH is 4. The molecule has 16 saturated heterocycles. The first kappa shape index (κ1) is 110. The summed E-state index contributed by atoms with van der Waals surface area (Å²) in [5.74, 6) is -0.347. The second-order valence-corrected chi connectivity index (χ2v) is 47.1. The maximum Gasteiger partial charge on any atom is 0.229 e. The number of likely N-dealkylation sites (tertiary alicyclic amines) is 8. The third kappa shape index (κ3) is 15.8. The van der Waals surface area contributed by atoms with Crippen molar-refractivity contribution < 1.29 is 116 Å². The molecule has 16 heterocycles. The fourth-order valence-corrected chi connectivity index (χ4v) is 28.8. The zero-order valence-corrected chi connectivity index (χ0v) is 88.7. The van der Waals surface area contributed by atoms with Crippen molar-refractivity contribution >= 4 is 72.4 Å². The summed E-state index contributed by atoms with van der Waals surface area (Å²) in [5.41, 5.74) is -11.0. The third-order valence-corrected chi connectivity index (χ3v) is 40.2. The topological polar surface area (TPSA) is 386 Å². The van der Waals surface area contributed by atoms with E-state index < -0.39 is 107 Å². The van der Waals surface area contributed by atoms with Crippen LogP contribution >= 0.6 is 0 Å². The lowest BCUT2D eigenvalue weighted by molar-refractivity contribution is -0.153. The minimum atomic E-state index is -0.834. The van der Waals surface area contributed by atoms with E-state index >= 15 is 0 Å². The van der Waals surface area contributed by atoms with E-state index in [-0.39, 0.29) is 168 Å². The van der Waals surface area contributed by atoms with Crippen molar-refractivity contribution in [3.63, 3.8) is 0 Å². The molecule has 0 aromatic heterocycles. The summed E-state index contributed by atoms with van der Waals surface area (Å²) in [6.45, 7) is 46.2. The molecule has 32 heteroatoms. The summed E-state index contributed by atoms with van der Waals surface area (Å²) < 4.78 is 47.8. The normalized spacial score (nSPS) is 48.8. The van der Waals surface area contributed by atoms with Gasteiger partial charge in [-0.1, -0.05) is 36.5 Å². The molecule has 0 saturated carbocycles. The molecule has 19 rings (SSSR count). The van der Waals surface area contributed by atoms with E-state index in [2.05, 4.69) is 36.5 Å². The number of likely N-dealkylation sites (N-methyl/N-ethyl adjacent to an activating group) is 8. The number of hydrogen-bond donors (Lipinski definition) is 4. The van der Waals surface area contributed by atoms with Crippen LogP contribution in [0.5, 0.6) is 0 Å². The number of ether oxygens (including phenoxy) is 8. The summed E-state index contributed by atoms with van der Waals surface area (Å²) in [7, 11) is 13.9. The summed E-state index contributed by atoms with van der Waals surface area (Å²) in [5, 5.41) is 42.8. The first-order chi connectivity index (χ1) is 63.8. The van der Waals surface area contributed by atoms with Gasteiger partial charge in [-0.25, -0.2) is 0 Å². The van der Waals surface area contributed by atoms with Crippen LogP contribution in [0, 0.1) is 65.1 Å². The number of aldehydes is 4. The zero-order chi connectivity index (χ0) is 103. The molecule has 0 bridgehead atoms. The number of aliphatic hydroxyl groups is 4. The first-order valence-electron chi connectivity index (χ1n) is 50.9. The van der Waals surface area contributed by atoms with Crippen LogP contribution in [-0.2, 0) is 95.4 Å². The van der Waals surface area contributed by atoms with E-state index in [9.17, 15) is 78.0 Å². The van der Waals surface area contributed by atoms with Crippen molar-refractivity contribution in [2.24, 2.45) is 65.1 Å². The maximum absolute atomic E-state index is 12.7. The first-order valence-corrected chi connectivity index (χ1v) is 50.9. The molecule has 0 aromatic rings. The third-order valence-electron chi connectivity index (χ3n) is 40.2. The number of nitrogens with zero attached hydrogens (tertiary/aromatic N) is 8. The zero-order valence-electron chi connectivity index (χ0n) is 88.7. The highest BCUT2D eigenvalue weighted by atomic mass is 16.6. The Hall–Kier alpha value is -6.82. The minimum Gasteiger partial charge on any atom is -0.394 e. The SMILES string of the molecule is CC1C[C@H]2C(=O)N(C)[C@](C)(C(O)[C@@H]3C=CCCC3)[C@@]2(C)O1.CC1C[C@H]2C(=O)N(C)[C@](C)(C=O)[C@@]2(C)O1.CC1C[C@H]2C(=O)N(C)[C@](C)(C=O)[C@@]2(C)O1.CC1C[C@H]2C(=O)N(C)[C@](C)(C=O)[C@@]2(C)O1.CC1C[C@H]2C(=O)N(C)[C@](C)(C=O)[C@@]2(C)O1.CC1C[C@H]2C(=O)N(C)[C@](C)(CO)[C@@]2(C)O1.CC1C[C@H]2C(=O)N(C)[C@](C)([C@@H](O)[C@@H]3C=CCCC3)[C@@]2(C)O1.CC1C[C@H]2C(=O)N(C)[C@](C)([C@H](O)[C@@H]3C=CCCC3)[C@@]2(C)O1. The van der Waals surface area contributed by atoms with Crippen molar-refractivity contribution in [3.05, 3.63) is 36.5 Å². The summed E-state index contributed by atoms with van der Waals surface area (Å²) >= 11 is 0. The molecule has 38 atom stereocenters. The van der Waals surface area contributed by atoms with Crippen LogP contribution in [0.3, 0.4) is 0 Å². The van der Waals surface area contributed by atoms with Crippen LogP contribution < -0.4 is 0 Å². The van der Waals surface area contributed by atoms with Gasteiger partial charge in [0.05, 0.1) is 143 Å². The highest BCUT2D eigenvalue weighted by Gasteiger charge is 2.77. The molecule has 4 N–H and O–H groups in total. The number of carbonyl (C=O) groups is 12.